The largest absolute Gasteiger partial charge is 0.505 e. The van der Waals surface area contributed by atoms with Crippen molar-refractivity contribution in [1.82, 2.24) is 10.2 Å². The highest BCUT2D eigenvalue weighted by molar-refractivity contribution is 6.15. The van der Waals surface area contributed by atoms with E-state index >= 15 is 4.39 Å². The number of anilines is 3. The van der Waals surface area contributed by atoms with Gasteiger partial charge in [-0.1, -0.05) is 109 Å². The second kappa shape index (κ2) is 20.0. The number of phenolic OH excluding ortho intramolecular Hbond substituents is 1. The van der Waals surface area contributed by atoms with Crippen LogP contribution in [0.2, 0.25) is 0 Å². The van der Waals surface area contributed by atoms with Crippen LogP contribution < -0.4 is 20.9 Å². The highest BCUT2D eigenvalue weighted by atomic mass is 19.1. The fourth-order valence-corrected chi connectivity index (χ4v) is 8.57. The highest BCUT2D eigenvalue weighted by Gasteiger charge is 2.37. The summed E-state index contributed by atoms with van der Waals surface area (Å²) in [5, 5.41) is 30.3. The fraction of sp³-hybridized carbons (Fsp3) is 0.185. The Morgan fingerprint density at radius 2 is 1.37 bits per heavy atom. The van der Waals surface area contributed by atoms with Crippen molar-refractivity contribution in [3.8, 4) is 16.9 Å². The summed E-state index contributed by atoms with van der Waals surface area (Å²) < 4.78 is 35.3. The first-order valence-electron chi connectivity index (χ1n) is 21.7. The second-order valence-corrected chi connectivity index (χ2v) is 16.3. The average molecular weight is 871 g/mol. The molecule has 5 N–H and O–H groups in total. The number of nitrogens with one attached hydrogen (secondary N) is 4. The van der Waals surface area contributed by atoms with E-state index in [1.54, 1.807) is 37.4 Å². The van der Waals surface area contributed by atoms with Gasteiger partial charge >= 0.3 is 0 Å². The molecule has 0 spiro atoms. The summed E-state index contributed by atoms with van der Waals surface area (Å²) in [6.45, 7) is 4.41. The van der Waals surface area contributed by atoms with Crippen molar-refractivity contribution in [2.45, 2.75) is 12.0 Å². The van der Waals surface area contributed by atoms with E-state index in [0.29, 0.717) is 57.9 Å². The van der Waals surface area contributed by atoms with Crippen LogP contribution in [0.15, 0.2) is 164 Å². The number of aromatic hydroxyl groups is 1. The summed E-state index contributed by atoms with van der Waals surface area (Å²) >= 11 is 0. The third-order valence-electron chi connectivity index (χ3n) is 12.0. The number of likely N-dealkylation sites (N-methyl/N-ethyl adjacent to an activating group) is 1. The predicted molar refractivity (Wildman–Crippen MR) is 256 cm³/mol. The molecule has 0 aliphatic carbocycles. The highest BCUT2D eigenvalue weighted by Crippen LogP contribution is 2.43. The van der Waals surface area contributed by atoms with E-state index in [2.05, 4.69) is 32.8 Å². The van der Waals surface area contributed by atoms with Gasteiger partial charge in [0, 0.05) is 62.5 Å². The van der Waals surface area contributed by atoms with Crippen LogP contribution in [0.5, 0.6) is 5.75 Å². The molecule has 8 rings (SSSR count). The lowest BCUT2D eigenvalue weighted by molar-refractivity contribution is 0.0977. The van der Waals surface area contributed by atoms with Crippen LogP contribution >= 0.6 is 0 Å². The molecule has 7 aromatic rings. The molecule has 1 aliphatic heterocycles. The number of amidine groups is 1. The molecule has 1 amide bonds. The zero-order chi connectivity index (χ0) is 45.3. The van der Waals surface area contributed by atoms with Crippen LogP contribution in [0.4, 0.5) is 25.8 Å². The number of amides is 1. The Labute approximate surface area is 378 Å². The Bertz CT molecular complexity index is 2670. The molecular weight excluding hydrogens is 819 g/mol. The number of piperazine rings is 1. The van der Waals surface area contributed by atoms with Gasteiger partial charge in [-0.05, 0) is 107 Å². The molecule has 1 heterocycles. The van der Waals surface area contributed by atoms with Crippen molar-refractivity contribution in [1.29, 1.82) is 5.41 Å². The van der Waals surface area contributed by atoms with Gasteiger partial charge in [0.15, 0.2) is 11.6 Å². The van der Waals surface area contributed by atoms with Gasteiger partial charge in [-0.2, -0.15) is 0 Å². The molecule has 0 bridgehead atoms. The molecular formula is C54H52F2N6O3. The van der Waals surface area contributed by atoms with Crippen molar-refractivity contribution in [2.24, 2.45) is 0 Å². The maximum Gasteiger partial charge on any atom is 0.258 e. The summed E-state index contributed by atoms with van der Waals surface area (Å²) in [6.07, 6.45) is 0.201. The van der Waals surface area contributed by atoms with E-state index in [9.17, 15) is 19.7 Å². The van der Waals surface area contributed by atoms with Crippen LogP contribution in [0.3, 0.4) is 0 Å². The number of rotatable bonds is 15. The van der Waals surface area contributed by atoms with E-state index in [4.69, 9.17) is 4.74 Å². The van der Waals surface area contributed by atoms with Crippen LogP contribution in [0.25, 0.3) is 11.1 Å². The van der Waals surface area contributed by atoms with Crippen LogP contribution in [0, 0.1) is 17.0 Å². The molecule has 0 unspecified atom stereocenters. The number of hydrogen-bond acceptors (Lipinski definition) is 8. The zero-order valence-corrected chi connectivity index (χ0v) is 36.5. The van der Waals surface area contributed by atoms with Gasteiger partial charge in [0.25, 0.3) is 5.91 Å². The van der Waals surface area contributed by atoms with Gasteiger partial charge < -0.3 is 35.6 Å². The number of carbonyl (C=O) groups is 1. The minimum absolute atomic E-state index is 0.199. The quantitative estimate of drug-likeness (QED) is 0.0302. The lowest BCUT2D eigenvalue weighted by Crippen LogP contribution is -2.44. The molecule has 11 heteroatoms. The topological polar surface area (TPSA) is 113 Å². The fourth-order valence-electron chi connectivity index (χ4n) is 8.57. The number of hydrogen-bond donors (Lipinski definition) is 5. The Kier molecular flexibility index (Phi) is 13.6. The Morgan fingerprint density at radius 1 is 0.723 bits per heavy atom. The molecule has 1 fully saturated rings. The summed E-state index contributed by atoms with van der Waals surface area (Å²) in [5.41, 5.74) is 6.64. The lowest BCUT2D eigenvalue weighted by Gasteiger charge is -2.39. The Balaban J connectivity index is 1.30. The normalized spacial score (nSPS) is 13.0. The second-order valence-electron chi connectivity index (χ2n) is 16.3. The van der Waals surface area contributed by atoms with E-state index in [1.165, 1.54) is 24.3 Å². The molecule has 1 saturated heterocycles. The van der Waals surface area contributed by atoms with Gasteiger partial charge in [-0.15, -0.1) is 0 Å². The number of methoxy groups -OCH3 is 1. The molecule has 1 aliphatic rings. The number of ether oxygens (including phenoxy) is 1. The summed E-state index contributed by atoms with van der Waals surface area (Å²) in [4.78, 5) is 19.2. The van der Waals surface area contributed by atoms with E-state index in [-0.39, 0.29) is 12.3 Å². The van der Waals surface area contributed by atoms with Crippen molar-refractivity contribution in [3.63, 3.8) is 0 Å². The molecule has 7 aromatic carbocycles. The minimum Gasteiger partial charge on any atom is -0.505 e. The number of benzene rings is 7. The van der Waals surface area contributed by atoms with E-state index in [0.717, 1.165) is 48.6 Å². The smallest absolute Gasteiger partial charge is 0.258 e. The number of phenols is 1. The first kappa shape index (κ1) is 44.3. The lowest BCUT2D eigenvalue weighted by atomic mass is 9.76. The first-order chi connectivity index (χ1) is 31.6. The number of carbonyl (C=O) groups excluding carboxylic acids is 1. The molecule has 65 heavy (non-hydrogen) atoms. The van der Waals surface area contributed by atoms with Crippen molar-refractivity contribution in [2.75, 3.05) is 69.0 Å². The van der Waals surface area contributed by atoms with Gasteiger partial charge in [0.2, 0.25) is 0 Å². The van der Waals surface area contributed by atoms with Crippen LogP contribution in [-0.4, -0.2) is 75.2 Å². The maximum absolute atomic E-state index is 15.3. The molecule has 0 radical (unpaired) electrons. The summed E-state index contributed by atoms with van der Waals surface area (Å²) in [6, 6.07) is 49.7. The molecule has 0 atom stereocenters. The minimum atomic E-state index is -1.07. The standard InChI is InChI=1S/C54H52F2N6O3/c1-61-26-28-62(29-27-61)44-22-23-45(49(35-44)58-25-30-65-2)53(64)59-52(57)47-33-39(31-37-13-12-20-43(55)32-37)46(38-21-24-51(63)48(56)34-38)36-50(47)60-54(40-14-6-3-7-15-40,41-16-8-4-9-17-41)42-18-10-5-11-19-42/h3-24,32-36,58,60,63H,25-31H2,1-2H3,(H2,57,59,64). The zero-order valence-electron chi connectivity index (χ0n) is 36.5. The molecule has 0 aromatic heterocycles. The first-order valence-corrected chi connectivity index (χ1v) is 21.7. The maximum atomic E-state index is 15.3. The van der Waals surface area contributed by atoms with Crippen LogP contribution in [-0.2, 0) is 16.7 Å². The third-order valence-corrected chi connectivity index (χ3v) is 12.0. The van der Waals surface area contributed by atoms with Gasteiger partial charge in [-0.3, -0.25) is 10.2 Å². The number of nitrogens with zero attached hydrogens (tertiary/aromatic N) is 2. The van der Waals surface area contributed by atoms with Crippen molar-refractivity contribution in [3.05, 3.63) is 214 Å². The van der Waals surface area contributed by atoms with Gasteiger partial charge in [-0.25, -0.2) is 8.78 Å². The Morgan fingerprint density at radius 3 is 1.97 bits per heavy atom. The molecule has 9 nitrogen and oxygen atoms in total. The summed E-state index contributed by atoms with van der Waals surface area (Å²) in [7, 11) is 3.73. The van der Waals surface area contributed by atoms with Crippen LogP contribution in [0.1, 0.15) is 43.7 Å². The molecule has 0 saturated carbocycles. The SMILES string of the molecule is COCCNc1cc(N2CCN(C)CC2)ccc1C(=O)NC(=N)c1cc(Cc2cccc(F)c2)c(-c2ccc(O)c(F)c2)cc1NC(c1ccccc1)(c1ccccc1)c1ccccc1. The van der Waals surface area contributed by atoms with E-state index in [1.807, 2.05) is 109 Å². The third kappa shape index (κ3) is 9.92. The van der Waals surface area contributed by atoms with Crippen molar-refractivity contribution < 1.29 is 23.4 Å². The predicted octanol–water partition coefficient (Wildman–Crippen LogP) is 9.90. The average Bonchev–Trinajstić information content (AvgIpc) is 3.33. The number of halogens is 2. The monoisotopic (exact) mass is 870 g/mol. The van der Waals surface area contributed by atoms with Gasteiger partial charge in [0.05, 0.1) is 12.2 Å². The van der Waals surface area contributed by atoms with Crippen molar-refractivity contribution >= 4 is 28.8 Å². The van der Waals surface area contributed by atoms with E-state index < -0.39 is 28.8 Å². The molecule has 330 valence electrons. The van der Waals surface area contributed by atoms with Gasteiger partial charge in [0.1, 0.15) is 17.2 Å². The Hall–Kier alpha value is -7.34. The summed E-state index contributed by atoms with van der Waals surface area (Å²) in [5.74, 6) is -2.41.